The molecular weight excluding hydrogens is 647 g/mol. The van der Waals surface area contributed by atoms with Crippen LogP contribution in [0, 0.1) is 0 Å². The summed E-state index contributed by atoms with van der Waals surface area (Å²) >= 11 is 18.3. The first-order chi connectivity index (χ1) is 17.7. The maximum atomic E-state index is 4.98. The van der Waals surface area contributed by atoms with E-state index in [1.165, 1.54) is 48.1 Å². The molecule has 0 bridgehead atoms. The summed E-state index contributed by atoms with van der Waals surface area (Å²) in [7, 11) is 0. The standard InChI is InChI=1S/2C7H15NOS2.2C6H14N.Sn/c2*1-3-8(4-2)5-6-9-7(10)11;2*1-4-7(5-2)6-3;/h2*3-6H2,1-2H3,(H,10,11);2*1,4-6H2,2-3H3;/q;;;;+2/p-2. The molecule has 0 aliphatic carbocycles. The Morgan fingerprint density at radius 3 is 0.973 bits per heavy atom. The molecule has 0 atom stereocenters. The van der Waals surface area contributed by atoms with Gasteiger partial charge in [-0.1, -0.05) is 27.7 Å². The Morgan fingerprint density at radius 2 is 0.757 bits per heavy atom. The molecule has 0 radical (unpaired) electrons. The van der Waals surface area contributed by atoms with Gasteiger partial charge in [0, 0.05) is 21.9 Å². The van der Waals surface area contributed by atoms with E-state index in [9.17, 15) is 0 Å². The fourth-order valence-electron chi connectivity index (χ4n) is 3.27. The molecule has 0 spiro atoms. The normalized spacial score (nSPS) is 10.5. The summed E-state index contributed by atoms with van der Waals surface area (Å²) in [6.07, 6.45) is 0. The monoisotopic (exact) mass is 704 g/mol. The molecule has 0 aromatic rings. The first-order valence-corrected chi connectivity index (χ1v) is 19.6. The first-order valence-electron chi connectivity index (χ1n) is 14.0. The topological polar surface area (TPSA) is 31.4 Å². The van der Waals surface area contributed by atoms with Crippen LogP contribution in [-0.2, 0) is 34.7 Å². The van der Waals surface area contributed by atoms with Crippen molar-refractivity contribution in [1.29, 1.82) is 0 Å². The molecule has 6 nitrogen and oxygen atoms in total. The number of nitrogens with zero attached hydrogens (tertiary/aromatic N) is 4. The van der Waals surface area contributed by atoms with Crippen molar-refractivity contribution in [3.8, 4) is 0 Å². The minimum atomic E-state index is -0.0585. The van der Waals surface area contributed by atoms with Crippen LogP contribution in [-0.4, -0.2) is 141 Å². The van der Waals surface area contributed by atoms with Crippen molar-refractivity contribution >= 4 is 79.6 Å². The number of likely N-dealkylation sites (N-methyl/N-ethyl adjacent to an activating group) is 2. The van der Waals surface area contributed by atoms with E-state index in [0.29, 0.717) is 13.2 Å². The second-order valence-corrected chi connectivity index (χ2v) is 14.3. The Morgan fingerprint density at radius 1 is 0.514 bits per heavy atom. The molecule has 0 saturated carbocycles. The summed E-state index contributed by atoms with van der Waals surface area (Å²) < 4.78 is 13.5. The zero-order chi connectivity index (χ0) is 28.9. The third kappa shape index (κ3) is 33.0. The van der Waals surface area contributed by atoms with Gasteiger partial charge in [-0.3, -0.25) is 0 Å². The fraction of sp³-hybridized carbons (Fsp3) is 0.923. The zero-order valence-corrected chi connectivity index (χ0v) is 31.2. The van der Waals surface area contributed by atoms with E-state index in [1.807, 2.05) is 0 Å². The molecule has 0 heterocycles. The van der Waals surface area contributed by atoms with Crippen LogP contribution in [0.3, 0.4) is 0 Å². The molecule has 0 N–H and O–H groups in total. The molecule has 220 valence electrons. The van der Waals surface area contributed by atoms with Gasteiger partial charge < -0.3 is 69.0 Å². The molecule has 0 unspecified atom stereocenters. The summed E-state index contributed by atoms with van der Waals surface area (Å²) in [6.45, 7) is 32.4. The van der Waals surface area contributed by atoms with Crippen molar-refractivity contribution in [1.82, 2.24) is 19.6 Å². The Bertz CT molecular complexity index is 453. The number of ether oxygens (including phenoxy) is 2. The van der Waals surface area contributed by atoms with E-state index in [0.717, 1.165) is 39.3 Å². The van der Waals surface area contributed by atoms with Crippen LogP contribution in [0.1, 0.15) is 55.4 Å². The Kier molecular flexibility index (Phi) is 37.8. The van der Waals surface area contributed by atoms with E-state index in [1.54, 1.807) is 0 Å². The number of rotatable bonds is 20. The van der Waals surface area contributed by atoms with E-state index in [-0.39, 0.29) is 29.9 Å². The fourth-order valence-corrected chi connectivity index (χ4v) is 7.03. The molecule has 0 saturated heterocycles. The van der Waals surface area contributed by atoms with Crippen LogP contribution in [0.5, 0.6) is 0 Å². The molecule has 11 heteroatoms. The molecule has 0 rings (SSSR count). The number of thiocarbonyl (C=S) groups is 2. The molecule has 0 aliphatic heterocycles. The van der Waals surface area contributed by atoms with Crippen molar-refractivity contribution in [2.45, 2.75) is 64.3 Å². The third-order valence-corrected chi connectivity index (χ3v) is 9.81. The minimum absolute atomic E-state index is 0.0585. The SMILES string of the molecule is CCN(CC)CCOC(=S)[S-].CCN(CC)CCOC(=S)[S-].CCN(CC)C[CH2][Sn+2][CH2]CN(CC)CC. The van der Waals surface area contributed by atoms with E-state index >= 15 is 0 Å². The van der Waals surface area contributed by atoms with Crippen molar-refractivity contribution in [2.75, 3.05) is 91.8 Å². The summed E-state index contributed by atoms with van der Waals surface area (Å²) in [5.41, 5.74) is 0. The molecular formula is C26H56N4O2S4Sn. The Balaban J connectivity index is -0.000000478. The second-order valence-electron chi connectivity index (χ2n) is 8.05. The van der Waals surface area contributed by atoms with Crippen LogP contribution in [0.2, 0.25) is 8.87 Å². The predicted octanol–water partition coefficient (Wildman–Crippen LogP) is 4.56. The summed E-state index contributed by atoms with van der Waals surface area (Å²) in [5.74, 6) is 0. The molecule has 37 heavy (non-hydrogen) atoms. The Hall–Kier alpha value is 0.859. The van der Waals surface area contributed by atoms with Crippen molar-refractivity contribution in [3.05, 3.63) is 0 Å². The van der Waals surface area contributed by atoms with Gasteiger partial charge in [0.15, 0.2) is 0 Å². The van der Waals surface area contributed by atoms with Gasteiger partial charge in [0.1, 0.15) is 0 Å². The predicted molar refractivity (Wildman–Crippen MR) is 178 cm³/mol. The molecule has 0 aliphatic rings. The average Bonchev–Trinajstić information content (AvgIpc) is 2.89. The maximum absolute atomic E-state index is 4.98. The van der Waals surface area contributed by atoms with Gasteiger partial charge in [0.2, 0.25) is 0 Å². The van der Waals surface area contributed by atoms with Crippen LogP contribution in [0.25, 0.3) is 0 Å². The van der Waals surface area contributed by atoms with Gasteiger partial charge in [0.05, 0.1) is 13.2 Å². The number of hydrogen-bond donors (Lipinski definition) is 0. The van der Waals surface area contributed by atoms with Crippen molar-refractivity contribution in [3.63, 3.8) is 0 Å². The van der Waals surface area contributed by atoms with Gasteiger partial charge in [-0.25, -0.2) is 0 Å². The summed E-state index contributed by atoms with van der Waals surface area (Å²) in [5, 5.41) is 0. The zero-order valence-electron chi connectivity index (χ0n) is 25.1. The average molecular weight is 704 g/mol. The van der Waals surface area contributed by atoms with Crippen molar-refractivity contribution in [2.24, 2.45) is 0 Å². The van der Waals surface area contributed by atoms with E-state index in [4.69, 9.17) is 9.47 Å². The van der Waals surface area contributed by atoms with Gasteiger partial charge >= 0.3 is 107 Å². The van der Waals surface area contributed by atoms with E-state index in [2.05, 4.69) is 125 Å². The van der Waals surface area contributed by atoms with Crippen LogP contribution in [0.4, 0.5) is 0 Å². The molecule has 0 amide bonds. The van der Waals surface area contributed by atoms with E-state index < -0.39 is 0 Å². The van der Waals surface area contributed by atoms with Gasteiger partial charge in [-0.05, 0) is 26.2 Å². The second kappa shape index (κ2) is 33.1. The Labute approximate surface area is 263 Å². The van der Waals surface area contributed by atoms with Crippen LogP contribution >= 0.6 is 24.4 Å². The van der Waals surface area contributed by atoms with Gasteiger partial charge in [0.25, 0.3) is 0 Å². The molecule has 0 aromatic carbocycles. The molecule has 0 aromatic heterocycles. The quantitative estimate of drug-likeness (QED) is 0.0780. The van der Waals surface area contributed by atoms with Gasteiger partial charge in [-0.2, -0.15) is 0 Å². The third-order valence-electron chi connectivity index (χ3n) is 6.04. The van der Waals surface area contributed by atoms with Crippen LogP contribution in [0.15, 0.2) is 0 Å². The molecule has 0 fully saturated rings. The summed E-state index contributed by atoms with van der Waals surface area (Å²) in [4.78, 5) is 9.62. The van der Waals surface area contributed by atoms with Crippen molar-refractivity contribution < 1.29 is 9.47 Å². The number of hydrogen-bond acceptors (Lipinski definition) is 10. The first kappa shape index (κ1) is 42.3. The van der Waals surface area contributed by atoms with Crippen LogP contribution < -0.4 is 0 Å². The van der Waals surface area contributed by atoms with Gasteiger partial charge in [-0.15, -0.1) is 0 Å². The summed E-state index contributed by atoms with van der Waals surface area (Å²) in [6, 6.07) is 0.